The third-order valence-corrected chi connectivity index (χ3v) is 4.65. The van der Waals surface area contributed by atoms with E-state index in [9.17, 15) is 19.1 Å². The molecule has 0 radical (unpaired) electrons. The minimum Gasteiger partial charge on any atom is -0.497 e. The molecule has 2 amide bonds. The van der Waals surface area contributed by atoms with E-state index in [2.05, 4.69) is 10.6 Å². The van der Waals surface area contributed by atoms with Crippen LogP contribution in [0.25, 0.3) is 0 Å². The Morgan fingerprint density at radius 1 is 1.48 bits per heavy atom. The summed E-state index contributed by atoms with van der Waals surface area (Å²) in [5.41, 5.74) is 0.00783. The van der Waals surface area contributed by atoms with Gasteiger partial charge in [-0.3, -0.25) is 14.5 Å². The molecule has 150 valence electrons. The topological polar surface area (TPSA) is 90.9 Å². The predicted octanol–water partition coefficient (Wildman–Crippen LogP) is 0.660. The summed E-state index contributed by atoms with van der Waals surface area (Å²) in [5.74, 6) is -0.506. The van der Waals surface area contributed by atoms with Crippen LogP contribution >= 0.6 is 0 Å². The third kappa shape index (κ3) is 5.90. The Balaban J connectivity index is 2.04. The molecule has 7 nitrogen and oxygen atoms in total. The largest absolute Gasteiger partial charge is 0.497 e. The average Bonchev–Trinajstić information content (AvgIpc) is 2.64. The molecule has 1 atom stereocenters. The molecule has 27 heavy (non-hydrogen) atoms. The number of piperazine rings is 1. The Morgan fingerprint density at radius 2 is 2.22 bits per heavy atom. The van der Waals surface area contributed by atoms with Crippen LogP contribution in [0.15, 0.2) is 18.2 Å². The number of carbonyl (C=O) groups is 2. The van der Waals surface area contributed by atoms with Crippen molar-refractivity contribution in [3.8, 4) is 5.75 Å². The zero-order chi connectivity index (χ0) is 20.0. The molecule has 1 fully saturated rings. The van der Waals surface area contributed by atoms with Gasteiger partial charge in [-0.1, -0.05) is 19.9 Å². The van der Waals surface area contributed by atoms with Crippen LogP contribution in [0.3, 0.4) is 0 Å². The van der Waals surface area contributed by atoms with Crippen molar-refractivity contribution in [2.75, 3.05) is 33.4 Å². The second-order valence-electron chi connectivity index (χ2n) is 7.54. The van der Waals surface area contributed by atoms with Crippen molar-refractivity contribution in [3.05, 3.63) is 29.6 Å². The SMILES string of the molecule is COc1ccc(CN2CCNC(=O)C2CC(=O)NCC(C)(C)CO)c(F)c1. The van der Waals surface area contributed by atoms with Gasteiger partial charge in [0, 0.05) is 49.8 Å². The van der Waals surface area contributed by atoms with Gasteiger partial charge in [-0.05, 0) is 6.07 Å². The molecule has 8 heteroatoms. The Kier molecular flexibility index (Phi) is 7.15. The number of methoxy groups -OCH3 is 1. The van der Waals surface area contributed by atoms with Crippen LogP contribution in [-0.2, 0) is 16.1 Å². The van der Waals surface area contributed by atoms with Crippen LogP contribution < -0.4 is 15.4 Å². The van der Waals surface area contributed by atoms with Gasteiger partial charge in [0.2, 0.25) is 11.8 Å². The summed E-state index contributed by atoms with van der Waals surface area (Å²) in [6.45, 7) is 5.12. The number of halogens is 1. The van der Waals surface area contributed by atoms with E-state index in [1.807, 2.05) is 13.8 Å². The van der Waals surface area contributed by atoms with Gasteiger partial charge in [-0.15, -0.1) is 0 Å². The van der Waals surface area contributed by atoms with Crippen LogP contribution in [0.2, 0.25) is 0 Å². The van der Waals surface area contributed by atoms with Gasteiger partial charge in [0.1, 0.15) is 11.6 Å². The zero-order valence-corrected chi connectivity index (χ0v) is 16.0. The summed E-state index contributed by atoms with van der Waals surface area (Å²) >= 11 is 0. The monoisotopic (exact) mass is 381 g/mol. The second kappa shape index (κ2) is 9.14. The van der Waals surface area contributed by atoms with Crippen LogP contribution in [0.5, 0.6) is 5.75 Å². The van der Waals surface area contributed by atoms with Gasteiger partial charge in [-0.2, -0.15) is 0 Å². The first-order valence-corrected chi connectivity index (χ1v) is 8.97. The normalized spacial score (nSPS) is 18.1. The molecule has 3 N–H and O–H groups in total. The molecule has 1 aliphatic heterocycles. The minimum absolute atomic E-state index is 0.0227. The first kappa shape index (κ1) is 21.1. The molecule has 1 heterocycles. The van der Waals surface area contributed by atoms with Gasteiger partial charge < -0.3 is 20.5 Å². The van der Waals surface area contributed by atoms with Crippen LogP contribution in [-0.4, -0.2) is 61.2 Å². The fraction of sp³-hybridized carbons (Fsp3) is 0.579. The number of nitrogens with one attached hydrogen (secondary N) is 2. The van der Waals surface area contributed by atoms with E-state index in [0.29, 0.717) is 30.9 Å². The number of ether oxygens (including phenoxy) is 1. The maximum Gasteiger partial charge on any atom is 0.237 e. The van der Waals surface area contributed by atoms with Gasteiger partial charge in [0.15, 0.2) is 0 Å². The summed E-state index contributed by atoms with van der Waals surface area (Å²) in [5, 5.41) is 14.8. The summed E-state index contributed by atoms with van der Waals surface area (Å²) < 4.78 is 19.3. The fourth-order valence-electron chi connectivity index (χ4n) is 2.82. The first-order chi connectivity index (χ1) is 12.8. The van der Waals surface area contributed by atoms with Crippen molar-refractivity contribution in [2.24, 2.45) is 5.41 Å². The summed E-state index contributed by atoms with van der Waals surface area (Å²) in [4.78, 5) is 26.4. The van der Waals surface area contributed by atoms with E-state index in [4.69, 9.17) is 4.74 Å². The lowest BCUT2D eigenvalue weighted by atomic mass is 9.95. The highest BCUT2D eigenvalue weighted by molar-refractivity contribution is 5.88. The van der Waals surface area contributed by atoms with E-state index < -0.39 is 17.3 Å². The molecule has 2 rings (SSSR count). The van der Waals surface area contributed by atoms with Gasteiger partial charge in [-0.25, -0.2) is 4.39 Å². The predicted molar refractivity (Wildman–Crippen MR) is 98.7 cm³/mol. The van der Waals surface area contributed by atoms with Crippen molar-refractivity contribution in [1.29, 1.82) is 0 Å². The molecule has 0 bridgehead atoms. The Labute approximate surface area is 158 Å². The van der Waals surface area contributed by atoms with Crippen molar-refractivity contribution < 1.29 is 23.8 Å². The summed E-state index contributed by atoms with van der Waals surface area (Å²) in [6, 6.07) is 3.93. The molecule has 1 aliphatic rings. The van der Waals surface area contributed by atoms with Crippen molar-refractivity contribution in [3.63, 3.8) is 0 Å². The van der Waals surface area contributed by atoms with E-state index in [0.717, 1.165) is 0 Å². The Hall–Kier alpha value is -2.19. The molecule has 0 aliphatic carbocycles. The van der Waals surface area contributed by atoms with Crippen molar-refractivity contribution in [2.45, 2.75) is 32.9 Å². The minimum atomic E-state index is -0.669. The molecule has 1 saturated heterocycles. The molecule has 1 aromatic rings. The average molecular weight is 381 g/mol. The Morgan fingerprint density at radius 3 is 2.85 bits per heavy atom. The standard InChI is InChI=1S/C19H28FN3O4/c1-19(2,12-24)11-22-17(25)9-16-18(26)21-6-7-23(16)10-13-4-5-14(27-3)8-15(13)20/h4-5,8,16,24H,6-7,9-12H2,1-3H3,(H,21,26)(H,22,25). The smallest absolute Gasteiger partial charge is 0.237 e. The van der Waals surface area contributed by atoms with Crippen LogP contribution in [0, 0.1) is 11.2 Å². The number of aliphatic hydroxyl groups excluding tert-OH is 1. The number of nitrogens with zero attached hydrogens (tertiary/aromatic N) is 1. The van der Waals surface area contributed by atoms with Gasteiger partial charge in [0.25, 0.3) is 0 Å². The van der Waals surface area contributed by atoms with E-state index in [-0.39, 0.29) is 31.4 Å². The molecule has 0 spiro atoms. The van der Waals surface area contributed by atoms with E-state index >= 15 is 0 Å². The molecular weight excluding hydrogens is 353 g/mol. The second-order valence-corrected chi connectivity index (χ2v) is 7.54. The number of rotatable bonds is 8. The number of benzene rings is 1. The van der Waals surface area contributed by atoms with Gasteiger partial charge in [0.05, 0.1) is 19.6 Å². The fourth-order valence-corrected chi connectivity index (χ4v) is 2.82. The highest BCUT2D eigenvalue weighted by Crippen LogP contribution is 2.20. The maximum absolute atomic E-state index is 14.3. The lowest BCUT2D eigenvalue weighted by Crippen LogP contribution is -2.56. The van der Waals surface area contributed by atoms with Gasteiger partial charge >= 0.3 is 0 Å². The van der Waals surface area contributed by atoms with E-state index in [1.165, 1.54) is 13.2 Å². The highest BCUT2D eigenvalue weighted by Gasteiger charge is 2.32. The number of aliphatic hydroxyl groups is 1. The van der Waals surface area contributed by atoms with E-state index in [1.54, 1.807) is 17.0 Å². The zero-order valence-electron chi connectivity index (χ0n) is 16.0. The first-order valence-electron chi connectivity index (χ1n) is 8.97. The molecule has 1 unspecified atom stereocenters. The lowest BCUT2D eigenvalue weighted by molar-refractivity contribution is -0.134. The van der Waals surface area contributed by atoms with Crippen LogP contribution in [0.1, 0.15) is 25.8 Å². The number of carbonyl (C=O) groups excluding carboxylic acids is 2. The van der Waals surface area contributed by atoms with Crippen LogP contribution in [0.4, 0.5) is 4.39 Å². The Bertz CT molecular complexity index is 681. The van der Waals surface area contributed by atoms with Crippen molar-refractivity contribution >= 4 is 11.8 Å². The molecule has 1 aromatic carbocycles. The lowest BCUT2D eigenvalue weighted by Gasteiger charge is -2.35. The number of amides is 2. The highest BCUT2D eigenvalue weighted by atomic mass is 19.1. The molecular formula is C19H28FN3O4. The summed E-state index contributed by atoms with van der Waals surface area (Å²) in [7, 11) is 1.47. The summed E-state index contributed by atoms with van der Waals surface area (Å²) in [6.07, 6.45) is -0.0227. The number of hydrogen-bond acceptors (Lipinski definition) is 5. The maximum atomic E-state index is 14.3. The third-order valence-electron chi connectivity index (χ3n) is 4.65. The number of hydrogen-bond donors (Lipinski definition) is 3. The quantitative estimate of drug-likeness (QED) is 0.615. The molecule has 0 aromatic heterocycles. The molecule has 0 saturated carbocycles. The van der Waals surface area contributed by atoms with Crippen molar-refractivity contribution in [1.82, 2.24) is 15.5 Å².